The standard InChI is InChI=1S/C16H26N2O4/c1-3-22-12-9-11(16(12)5-4-6-16)17-14(21)18-8-7-15(2,10-18)13(19)20/h11-12H,3-10H2,1-2H3,(H,17,21)(H,19,20). The number of amides is 2. The van der Waals surface area contributed by atoms with Gasteiger partial charge in [-0.3, -0.25) is 4.79 Å². The number of nitrogens with one attached hydrogen (secondary N) is 1. The van der Waals surface area contributed by atoms with Crippen molar-refractivity contribution in [3.8, 4) is 0 Å². The van der Waals surface area contributed by atoms with Gasteiger partial charge in [-0.05, 0) is 39.5 Å². The fourth-order valence-corrected chi connectivity index (χ4v) is 4.19. The van der Waals surface area contributed by atoms with Gasteiger partial charge in [0.25, 0.3) is 0 Å². The maximum absolute atomic E-state index is 12.4. The van der Waals surface area contributed by atoms with E-state index >= 15 is 0 Å². The van der Waals surface area contributed by atoms with Crippen LogP contribution in [0, 0.1) is 10.8 Å². The Hall–Kier alpha value is -1.30. The van der Waals surface area contributed by atoms with E-state index in [9.17, 15) is 14.7 Å². The number of nitrogens with zero attached hydrogens (tertiary/aromatic N) is 1. The molecule has 3 atom stereocenters. The zero-order valence-electron chi connectivity index (χ0n) is 13.4. The van der Waals surface area contributed by atoms with Gasteiger partial charge in [0.2, 0.25) is 0 Å². The van der Waals surface area contributed by atoms with Crippen molar-refractivity contribution >= 4 is 12.0 Å². The predicted molar refractivity (Wildman–Crippen MR) is 80.6 cm³/mol. The Morgan fingerprint density at radius 1 is 1.36 bits per heavy atom. The minimum Gasteiger partial charge on any atom is -0.481 e. The van der Waals surface area contributed by atoms with Crippen molar-refractivity contribution in [2.75, 3.05) is 19.7 Å². The SMILES string of the molecule is CCOC1CC(NC(=O)N2CCC(C)(C(=O)O)C2)C12CCC2. The molecule has 3 unspecified atom stereocenters. The summed E-state index contributed by atoms with van der Waals surface area (Å²) in [6.07, 6.45) is 5.12. The summed E-state index contributed by atoms with van der Waals surface area (Å²) in [6, 6.07) is 0.0678. The van der Waals surface area contributed by atoms with Crippen LogP contribution in [-0.4, -0.2) is 53.8 Å². The molecule has 0 bridgehead atoms. The molecule has 1 heterocycles. The lowest BCUT2D eigenvalue weighted by molar-refractivity contribution is -0.169. The molecule has 0 aromatic rings. The van der Waals surface area contributed by atoms with Crippen molar-refractivity contribution in [3.63, 3.8) is 0 Å². The van der Waals surface area contributed by atoms with Crippen LogP contribution in [0.4, 0.5) is 4.79 Å². The van der Waals surface area contributed by atoms with Crippen LogP contribution in [-0.2, 0) is 9.53 Å². The number of carbonyl (C=O) groups is 2. The molecule has 3 fully saturated rings. The Labute approximate surface area is 131 Å². The second-order valence-corrected chi connectivity index (χ2v) is 7.31. The number of hydrogen-bond acceptors (Lipinski definition) is 3. The van der Waals surface area contributed by atoms with E-state index in [1.54, 1.807) is 11.8 Å². The van der Waals surface area contributed by atoms with E-state index in [-0.39, 0.29) is 23.6 Å². The maximum Gasteiger partial charge on any atom is 0.317 e. The van der Waals surface area contributed by atoms with E-state index in [0.717, 1.165) is 25.9 Å². The van der Waals surface area contributed by atoms with Gasteiger partial charge in [0.15, 0.2) is 0 Å². The molecule has 3 aliphatic rings. The quantitative estimate of drug-likeness (QED) is 0.830. The third kappa shape index (κ3) is 2.28. The monoisotopic (exact) mass is 310 g/mol. The van der Waals surface area contributed by atoms with Crippen LogP contribution in [0.25, 0.3) is 0 Å². The number of aliphatic carboxylic acids is 1. The highest BCUT2D eigenvalue weighted by Crippen LogP contribution is 2.57. The zero-order valence-corrected chi connectivity index (χ0v) is 13.4. The Balaban J connectivity index is 1.56. The van der Waals surface area contributed by atoms with Crippen molar-refractivity contribution in [3.05, 3.63) is 0 Å². The van der Waals surface area contributed by atoms with Crippen LogP contribution in [0.2, 0.25) is 0 Å². The van der Waals surface area contributed by atoms with Gasteiger partial charge in [-0.15, -0.1) is 0 Å². The van der Waals surface area contributed by atoms with E-state index < -0.39 is 11.4 Å². The predicted octanol–water partition coefficient (Wildman–Crippen LogP) is 1.84. The normalized spacial score (nSPS) is 35.8. The minimum absolute atomic E-state index is 0.115. The summed E-state index contributed by atoms with van der Waals surface area (Å²) < 4.78 is 5.79. The van der Waals surface area contributed by atoms with Crippen LogP contribution in [0.3, 0.4) is 0 Å². The van der Waals surface area contributed by atoms with Gasteiger partial charge in [-0.1, -0.05) is 6.42 Å². The number of carboxylic acid groups (broad SMARTS) is 1. The van der Waals surface area contributed by atoms with E-state index in [2.05, 4.69) is 5.32 Å². The molecule has 1 spiro atoms. The first-order valence-corrected chi connectivity index (χ1v) is 8.32. The lowest BCUT2D eigenvalue weighted by Gasteiger charge is -2.61. The summed E-state index contributed by atoms with van der Waals surface area (Å²) in [5, 5.41) is 12.4. The van der Waals surface area contributed by atoms with E-state index in [4.69, 9.17) is 4.74 Å². The fourth-order valence-electron chi connectivity index (χ4n) is 4.19. The Bertz CT molecular complexity index is 477. The highest BCUT2D eigenvalue weighted by Gasteiger charge is 2.59. The average Bonchev–Trinajstić information content (AvgIpc) is 2.79. The molecule has 2 aliphatic carbocycles. The van der Waals surface area contributed by atoms with Crippen LogP contribution in [0.15, 0.2) is 0 Å². The molecule has 0 aromatic heterocycles. The van der Waals surface area contributed by atoms with Crippen molar-refractivity contribution in [2.24, 2.45) is 10.8 Å². The van der Waals surface area contributed by atoms with Gasteiger partial charge in [-0.2, -0.15) is 0 Å². The first-order chi connectivity index (χ1) is 10.4. The fraction of sp³-hybridized carbons (Fsp3) is 0.875. The largest absolute Gasteiger partial charge is 0.481 e. The molecule has 2 amide bonds. The minimum atomic E-state index is -0.821. The summed E-state index contributed by atoms with van der Waals surface area (Å²) in [5.41, 5.74) is -0.666. The molecule has 1 aliphatic heterocycles. The van der Waals surface area contributed by atoms with Crippen molar-refractivity contribution in [1.82, 2.24) is 10.2 Å². The second-order valence-electron chi connectivity index (χ2n) is 7.31. The van der Waals surface area contributed by atoms with Gasteiger partial charge in [-0.25, -0.2) is 4.79 Å². The average molecular weight is 310 g/mol. The first kappa shape index (κ1) is 15.6. The third-order valence-corrected chi connectivity index (χ3v) is 6.01. The molecule has 2 N–H and O–H groups in total. The van der Waals surface area contributed by atoms with Gasteiger partial charge in [0.1, 0.15) is 0 Å². The van der Waals surface area contributed by atoms with Crippen LogP contribution < -0.4 is 5.32 Å². The Morgan fingerprint density at radius 2 is 2.09 bits per heavy atom. The Morgan fingerprint density at radius 3 is 2.59 bits per heavy atom. The molecular weight excluding hydrogens is 284 g/mol. The van der Waals surface area contributed by atoms with Gasteiger partial charge >= 0.3 is 12.0 Å². The number of likely N-dealkylation sites (tertiary alicyclic amines) is 1. The summed E-state index contributed by atoms with van der Waals surface area (Å²) in [6.45, 7) is 5.25. The van der Waals surface area contributed by atoms with E-state index in [1.165, 1.54) is 6.42 Å². The lowest BCUT2D eigenvalue weighted by Crippen LogP contribution is -2.68. The zero-order chi connectivity index (χ0) is 16.0. The number of hydrogen-bond donors (Lipinski definition) is 2. The molecule has 1 saturated heterocycles. The number of carboxylic acids is 1. The van der Waals surface area contributed by atoms with Crippen molar-refractivity contribution < 1.29 is 19.4 Å². The molecule has 0 aromatic carbocycles. The lowest BCUT2D eigenvalue weighted by atomic mass is 9.51. The van der Waals surface area contributed by atoms with E-state index in [0.29, 0.717) is 19.5 Å². The van der Waals surface area contributed by atoms with Crippen LogP contribution in [0.1, 0.15) is 46.0 Å². The Kier molecular flexibility index (Phi) is 3.83. The number of rotatable bonds is 4. The van der Waals surface area contributed by atoms with Crippen molar-refractivity contribution in [1.29, 1.82) is 0 Å². The number of ether oxygens (including phenoxy) is 1. The molecule has 2 saturated carbocycles. The van der Waals surface area contributed by atoms with Crippen LogP contribution >= 0.6 is 0 Å². The molecule has 124 valence electrons. The van der Waals surface area contributed by atoms with Gasteiger partial charge in [0, 0.05) is 31.2 Å². The highest BCUT2D eigenvalue weighted by atomic mass is 16.5. The van der Waals surface area contributed by atoms with Crippen LogP contribution in [0.5, 0.6) is 0 Å². The maximum atomic E-state index is 12.4. The number of urea groups is 1. The molecule has 22 heavy (non-hydrogen) atoms. The molecule has 6 heteroatoms. The topological polar surface area (TPSA) is 78.9 Å². The molecular formula is C16H26N2O4. The molecule has 6 nitrogen and oxygen atoms in total. The first-order valence-electron chi connectivity index (χ1n) is 8.32. The summed E-state index contributed by atoms with van der Waals surface area (Å²) in [4.78, 5) is 25.4. The highest BCUT2D eigenvalue weighted by molar-refractivity contribution is 5.79. The second kappa shape index (κ2) is 5.41. The molecule has 0 radical (unpaired) electrons. The molecule has 3 rings (SSSR count). The van der Waals surface area contributed by atoms with E-state index in [1.807, 2.05) is 6.92 Å². The van der Waals surface area contributed by atoms with Crippen molar-refractivity contribution in [2.45, 2.75) is 58.1 Å². The number of carbonyl (C=O) groups excluding carboxylic acids is 1. The van der Waals surface area contributed by atoms with Gasteiger partial charge in [0.05, 0.1) is 11.5 Å². The smallest absolute Gasteiger partial charge is 0.317 e. The summed E-state index contributed by atoms with van der Waals surface area (Å²) >= 11 is 0. The van der Waals surface area contributed by atoms with Gasteiger partial charge < -0.3 is 20.1 Å². The summed E-state index contributed by atoms with van der Waals surface area (Å²) in [7, 11) is 0. The third-order valence-electron chi connectivity index (χ3n) is 6.01. The summed E-state index contributed by atoms with van der Waals surface area (Å²) in [5.74, 6) is -0.821.